The van der Waals surface area contributed by atoms with Crippen LogP contribution in [0.4, 0.5) is 0 Å². The van der Waals surface area contributed by atoms with Crippen LogP contribution >= 0.6 is 24.0 Å². The summed E-state index contributed by atoms with van der Waals surface area (Å²) >= 11 is 0. The van der Waals surface area contributed by atoms with Crippen molar-refractivity contribution in [2.24, 2.45) is 4.99 Å². The summed E-state index contributed by atoms with van der Waals surface area (Å²) in [7, 11) is 3.55. The summed E-state index contributed by atoms with van der Waals surface area (Å²) in [6.07, 6.45) is 5.92. The summed E-state index contributed by atoms with van der Waals surface area (Å²) in [5, 5.41) is 6.84. The van der Waals surface area contributed by atoms with Crippen LogP contribution in [-0.2, 0) is 6.42 Å². The number of nitrogens with one attached hydrogen (secondary N) is 2. The van der Waals surface area contributed by atoms with Gasteiger partial charge in [0.15, 0.2) is 5.96 Å². The Kier molecular flexibility index (Phi) is 9.85. The van der Waals surface area contributed by atoms with Crippen molar-refractivity contribution in [3.8, 4) is 0 Å². The van der Waals surface area contributed by atoms with Crippen LogP contribution in [0.5, 0.6) is 0 Å². The van der Waals surface area contributed by atoms with Crippen molar-refractivity contribution in [2.75, 3.05) is 27.2 Å². The lowest BCUT2D eigenvalue weighted by Gasteiger charge is -2.16. The van der Waals surface area contributed by atoms with Gasteiger partial charge in [0.25, 0.3) is 5.91 Å². The summed E-state index contributed by atoms with van der Waals surface area (Å²) in [5.41, 5.74) is 1.88. The summed E-state index contributed by atoms with van der Waals surface area (Å²) < 4.78 is 0. The molecule has 0 radical (unpaired) electrons. The van der Waals surface area contributed by atoms with Gasteiger partial charge in [-0.3, -0.25) is 9.79 Å². The molecule has 25 heavy (non-hydrogen) atoms. The molecule has 0 aliphatic heterocycles. The predicted molar refractivity (Wildman–Crippen MR) is 115 cm³/mol. The summed E-state index contributed by atoms with van der Waals surface area (Å²) in [6, 6.07) is 8.39. The van der Waals surface area contributed by atoms with Crippen LogP contribution < -0.4 is 10.6 Å². The highest BCUT2D eigenvalue weighted by atomic mass is 127. The van der Waals surface area contributed by atoms with Crippen LogP contribution in [-0.4, -0.2) is 50.0 Å². The number of rotatable bonds is 6. The van der Waals surface area contributed by atoms with Crippen molar-refractivity contribution in [3.05, 3.63) is 35.4 Å². The topological polar surface area (TPSA) is 56.7 Å². The molecule has 2 rings (SSSR count). The highest BCUT2D eigenvalue weighted by Gasteiger charge is 2.15. The SMILES string of the molecule is CCNC(=NCCc1cccc(C(=O)N(C)C)c1)NC1CCCC1.I. The van der Waals surface area contributed by atoms with Gasteiger partial charge >= 0.3 is 0 Å². The molecule has 6 heteroatoms. The number of carbonyl (C=O) groups excluding carboxylic acids is 1. The number of hydrogen-bond acceptors (Lipinski definition) is 2. The van der Waals surface area contributed by atoms with E-state index in [-0.39, 0.29) is 29.9 Å². The third kappa shape index (κ3) is 7.22. The number of carbonyl (C=O) groups is 1. The molecule has 1 aromatic carbocycles. The first-order valence-electron chi connectivity index (χ1n) is 8.95. The molecular formula is C19H31IN4O. The molecule has 1 aliphatic rings. The Bertz CT molecular complexity index is 568. The van der Waals surface area contributed by atoms with E-state index < -0.39 is 0 Å². The van der Waals surface area contributed by atoms with E-state index in [1.807, 2.05) is 18.2 Å². The minimum atomic E-state index is 0. The van der Waals surface area contributed by atoms with Crippen LogP contribution in [0.3, 0.4) is 0 Å². The second kappa shape index (κ2) is 11.3. The van der Waals surface area contributed by atoms with Gasteiger partial charge in [0, 0.05) is 38.8 Å². The van der Waals surface area contributed by atoms with Crippen molar-refractivity contribution in [1.29, 1.82) is 0 Å². The van der Waals surface area contributed by atoms with E-state index in [0.29, 0.717) is 12.6 Å². The van der Waals surface area contributed by atoms with Gasteiger partial charge in [0.05, 0.1) is 0 Å². The number of guanidine groups is 1. The lowest BCUT2D eigenvalue weighted by atomic mass is 10.1. The van der Waals surface area contributed by atoms with Gasteiger partial charge in [-0.25, -0.2) is 0 Å². The van der Waals surface area contributed by atoms with E-state index in [9.17, 15) is 4.79 Å². The number of amides is 1. The smallest absolute Gasteiger partial charge is 0.253 e. The third-order valence-electron chi connectivity index (χ3n) is 4.29. The molecule has 1 aliphatic carbocycles. The molecule has 0 atom stereocenters. The number of aliphatic imine (C=N–C) groups is 1. The fraction of sp³-hybridized carbons (Fsp3) is 0.579. The molecule has 5 nitrogen and oxygen atoms in total. The van der Waals surface area contributed by atoms with Crippen molar-refractivity contribution in [2.45, 2.75) is 45.1 Å². The maximum Gasteiger partial charge on any atom is 0.253 e. The van der Waals surface area contributed by atoms with Gasteiger partial charge in [-0.15, -0.1) is 24.0 Å². The molecule has 0 aromatic heterocycles. The highest BCUT2D eigenvalue weighted by Crippen LogP contribution is 2.17. The molecule has 1 aromatic rings. The van der Waals surface area contributed by atoms with Crippen molar-refractivity contribution in [1.82, 2.24) is 15.5 Å². The maximum absolute atomic E-state index is 12.0. The molecule has 0 heterocycles. The van der Waals surface area contributed by atoms with E-state index in [1.165, 1.54) is 25.7 Å². The quantitative estimate of drug-likeness (QED) is 0.392. The zero-order valence-corrected chi connectivity index (χ0v) is 17.9. The average Bonchev–Trinajstić information content (AvgIpc) is 3.07. The van der Waals surface area contributed by atoms with E-state index in [1.54, 1.807) is 19.0 Å². The Hall–Kier alpha value is -1.31. The zero-order valence-electron chi connectivity index (χ0n) is 15.5. The number of nitrogens with zero attached hydrogens (tertiary/aromatic N) is 2. The molecule has 2 N–H and O–H groups in total. The monoisotopic (exact) mass is 458 g/mol. The average molecular weight is 458 g/mol. The fourth-order valence-corrected chi connectivity index (χ4v) is 3.00. The Morgan fingerprint density at radius 1 is 1.28 bits per heavy atom. The van der Waals surface area contributed by atoms with Crippen LogP contribution in [0, 0.1) is 0 Å². The Labute approximate surface area is 168 Å². The van der Waals surface area contributed by atoms with Crippen LogP contribution in [0.25, 0.3) is 0 Å². The summed E-state index contributed by atoms with van der Waals surface area (Å²) in [6.45, 7) is 3.66. The van der Waals surface area contributed by atoms with Gasteiger partial charge in [-0.2, -0.15) is 0 Å². The van der Waals surface area contributed by atoms with E-state index in [4.69, 9.17) is 0 Å². The highest BCUT2D eigenvalue weighted by molar-refractivity contribution is 14.0. The Balaban J connectivity index is 0.00000312. The first kappa shape index (κ1) is 21.7. The van der Waals surface area contributed by atoms with E-state index in [2.05, 4.69) is 28.6 Å². The second-order valence-corrected chi connectivity index (χ2v) is 6.54. The number of benzene rings is 1. The molecule has 1 fully saturated rings. The van der Waals surface area contributed by atoms with Crippen molar-refractivity contribution >= 4 is 35.8 Å². The van der Waals surface area contributed by atoms with Gasteiger partial charge in [-0.1, -0.05) is 25.0 Å². The zero-order chi connectivity index (χ0) is 17.4. The predicted octanol–water partition coefficient (Wildman–Crippen LogP) is 3.05. The summed E-state index contributed by atoms with van der Waals surface area (Å²) in [4.78, 5) is 18.3. The molecule has 140 valence electrons. The van der Waals surface area contributed by atoms with Crippen LogP contribution in [0.15, 0.2) is 29.3 Å². The molecule has 0 spiro atoms. The fourth-order valence-electron chi connectivity index (χ4n) is 3.00. The Morgan fingerprint density at radius 2 is 2.00 bits per heavy atom. The lowest BCUT2D eigenvalue weighted by Crippen LogP contribution is -2.42. The lowest BCUT2D eigenvalue weighted by molar-refractivity contribution is 0.0827. The maximum atomic E-state index is 12.0. The molecule has 0 unspecified atom stereocenters. The molecule has 1 amide bonds. The van der Waals surface area contributed by atoms with E-state index >= 15 is 0 Å². The standard InChI is InChI=1S/C19H30N4O.HI/c1-4-20-19(22-17-10-5-6-11-17)21-13-12-15-8-7-9-16(14-15)18(24)23(2)3;/h7-9,14,17H,4-6,10-13H2,1-3H3,(H2,20,21,22);1H. The minimum absolute atomic E-state index is 0. The molecular weight excluding hydrogens is 427 g/mol. The van der Waals surface area contributed by atoms with Crippen molar-refractivity contribution < 1.29 is 4.79 Å². The number of halogens is 1. The minimum Gasteiger partial charge on any atom is -0.357 e. The van der Waals surface area contributed by atoms with E-state index in [0.717, 1.165) is 30.1 Å². The van der Waals surface area contributed by atoms with Crippen LogP contribution in [0.1, 0.15) is 48.5 Å². The van der Waals surface area contributed by atoms with Gasteiger partial charge in [0.2, 0.25) is 0 Å². The molecule has 0 bridgehead atoms. The summed E-state index contributed by atoms with van der Waals surface area (Å²) in [5.74, 6) is 0.946. The van der Waals surface area contributed by atoms with Gasteiger partial charge in [0.1, 0.15) is 0 Å². The normalized spacial score (nSPS) is 14.8. The number of hydrogen-bond donors (Lipinski definition) is 2. The van der Waals surface area contributed by atoms with Gasteiger partial charge < -0.3 is 15.5 Å². The molecule has 0 saturated heterocycles. The first-order valence-corrected chi connectivity index (χ1v) is 8.95. The molecule has 1 saturated carbocycles. The first-order chi connectivity index (χ1) is 11.6. The van der Waals surface area contributed by atoms with Gasteiger partial charge in [-0.05, 0) is 43.9 Å². The van der Waals surface area contributed by atoms with Crippen molar-refractivity contribution in [3.63, 3.8) is 0 Å². The second-order valence-electron chi connectivity index (χ2n) is 6.54. The largest absolute Gasteiger partial charge is 0.357 e. The third-order valence-corrected chi connectivity index (χ3v) is 4.29. The van der Waals surface area contributed by atoms with Crippen LogP contribution in [0.2, 0.25) is 0 Å². The Morgan fingerprint density at radius 3 is 2.64 bits per heavy atom.